The summed E-state index contributed by atoms with van der Waals surface area (Å²) in [6.07, 6.45) is 1.63. The Kier molecular flexibility index (Phi) is 5.80. The molecular weight excluding hydrogens is 328 g/mol. The largest absolute Gasteiger partial charge is 0.467 e. The number of amides is 1. The highest BCUT2D eigenvalue weighted by Crippen LogP contribution is 2.14. The molecule has 0 aliphatic carbocycles. The van der Waals surface area contributed by atoms with Gasteiger partial charge in [0.15, 0.2) is 0 Å². The highest BCUT2D eigenvalue weighted by atomic mass is 32.2. The molecular formula is C17H22N2O4S. The lowest BCUT2D eigenvalue weighted by atomic mass is 10.1. The Hall–Kier alpha value is -2.12. The molecule has 1 heterocycles. The summed E-state index contributed by atoms with van der Waals surface area (Å²) < 4.78 is 32.2. The zero-order chi connectivity index (χ0) is 17.7. The predicted molar refractivity (Wildman–Crippen MR) is 90.9 cm³/mol. The third-order valence-electron chi connectivity index (χ3n) is 3.82. The summed E-state index contributed by atoms with van der Waals surface area (Å²) in [7, 11) is -1.95. The number of rotatable bonds is 7. The van der Waals surface area contributed by atoms with Crippen LogP contribution in [0.3, 0.4) is 0 Å². The van der Waals surface area contributed by atoms with Gasteiger partial charge in [-0.15, -0.1) is 0 Å². The Morgan fingerprint density at radius 2 is 1.96 bits per heavy atom. The first kappa shape index (κ1) is 18.2. The molecule has 0 unspecified atom stereocenters. The van der Waals surface area contributed by atoms with Crippen molar-refractivity contribution < 1.29 is 17.6 Å². The quantitative estimate of drug-likeness (QED) is 0.830. The van der Waals surface area contributed by atoms with E-state index in [1.165, 1.54) is 4.90 Å². The Morgan fingerprint density at radius 1 is 1.21 bits per heavy atom. The molecule has 0 fully saturated rings. The van der Waals surface area contributed by atoms with Gasteiger partial charge in [-0.05, 0) is 49.2 Å². The van der Waals surface area contributed by atoms with Gasteiger partial charge in [0.25, 0.3) is 0 Å². The molecule has 0 aliphatic rings. The molecule has 0 aliphatic heterocycles. The third kappa shape index (κ3) is 4.69. The van der Waals surface area contributed by atoms with Gasteiger partial charge in [0, 0.05) is 20.0 Å². The minimum atomic E-state index is -3.61. The van der Waals surface area contributed by atoms with E-state index in [4.69, 9.17) is 4.42 Å². The van der Waals surface area contributed by atoms with Crippen molar-refractivity contribution in [3.63, 3.8) is 0 Å². The molecule has 1 aromatic carbocycles. The molecule has 2 aromatic rings. The molecule has 130 valence electrons. The van der Waals surface area contributed by atoms with Crippen LogP contribution in [-0.4, -0.2) is 32.8 Å². The van der Waals surface area contributed by atoms with Crippen LogP contribution in [0.15, 0.2) is 45.9 Å². The third-order valence-corrected chi connectivity index (χ3v) is 5.28. The smallest absolute Gasteiger partial charge is 0.240 e. The molecule has 0 atom stereocenters. The van der Waals surface area contributed by atoms with E-state index in [0.29, 0.717) is 12.3 Å². The van der Waals surface area contributed by atoms with Crippen molar-refractivity contribution in [1.82, 2.24) is 9.62 Å². The second kappa shape index (κ2) is 7.63. The van der Waals surface area contributed by atoms with Gasteiger partial charge in [-0.2, -0.15) is 0 Å². The van der Waals surface area contributed by atoms with Gasteiger partial charge < -0.3 is 9.32 Å². The number of carbonyl (C=O) groups is 1. The van der Waals surface area contributed by atoms with Crippen LogP contribution < -0.4 is 4.72 Å². The first-order valence-electron chi connectivity index (χ1n) is 7.63. The molecule has 0 spiro atoms. The van der Waals surface area contributed by atoms with Crippen LogP contribution in [0.25, 0.3) is 0 Å². The average Bonchev–Trinajstić information content (AvgIpc) is 3.02. The van der Waals surface area contributed by atoms with Crippen LogP contribution >= 0.6 is 0 Å². The number of hydrogen-bond donors (Lipinski definition) is 1. The fraction of sp³-hybridized carbons (Fsp3) is 0.353. The van der Waals surface area contributed by atoms with E-state index in [1.807, 2.05) is 13.8 Å². The summed E-state index contributed by atoms with van der Waals surface area (Å²) in [5, 5.41) is 0. The molecule has 7 heteroatoms. The van der Waals surface area contributed by atoms with Crippen molar-refractivity contribution in [3.05, 3.63) is 53.5 Å². The predicted octanol–water partition coefficient (Wildman–Crippen LogP) is 2.22. The molecule has 0 radical (unpaired) electrons. The Balaban J connectivity index is 1.88. The van der Waals surface area contributed by atoms with E-state index in [1.54, 1.807) is 43.6 Å². The fourth-order valence-electron chi connectivity index (χ4n) is 2.17. The van der Waals surface area contributed by atoms with Crippen molar-refractivity contribution in [2.75, 3.05) is 13.6 Å². The highest BCUT2D eigenvalue weighted by Gasteiger charge is 2.16. The minimum absolute atomic E-state index is 0.0522. The number of hydrogen-bond acceptors (Lipinski definition) is 4. The zero-order valence-electron chi connectivity index (χ0n) is 14.1. The Bertz CT molecular complexity index is 798. The van der Waals surface area contributed by atoms with Gasteiger partial charge in [0.1, 0.15) is 5.76 Å². The molecule has 24 heavy (non-hydrogen) atoms. The molecule has 1 amide bonds. The Labute approximate surface area is 142 Å². The van der Waals surface area contributed by atoms with Gasteiger partial charge >= 0.3 is 0 Å². The second-order valence-electron chi connectivity index (χ2n) is 5.72. The normalized spacial score (nSPS) is 11.5. The SMILES string of the molecule is Cc1ccc(S(=O)(=O)NCCC(=O)N(C)Cc2ccco2)cc1C. The van der Waals surface area contributed by atoms with Crippen LogP contribution in [-0.2, 0) is 21.4 Å². The fourth-order valence-corrected chi connectivity index (χ4v) is 3.29. The topological polar surface area (TPSA) is 79.6 Å². The maximum atomic E-state index is 12.3. The summed E-state index contributed by atoms with van der Waals surface area (Å²) in [4.78, 5) is 13.8. The highest BCUT2D eigenvalue weighted by molar-refractivity contribution is 7.89. The maximum absolute atomic E-state index is 12.3. The van der Waals surface area contributed by atoms with E-state index in [0.717, 1.165) is 11.1 Å². The second-order valence-corrected chi connectivity index (χ2v) is 7.49. The lowest BCUT2D eigenvalue weighted by molar-refractivity contribution is -0.130. The summed E-state index contributed by atoms with van der Waals surface area (Å²) >= 11 is 0. The van der Waals surface area contributed by atoms with Crippen molar-refractivity contribution in [3.8, 4) is 0 Å². The number of nitrogens with zero attached hydrogens (tertiary/aromatic N) is 1. The average molecular weight is 350 g/mol. The van der Waals surface area contributed by atoms with Crippen molar-refractivity contribution in [2.45, 2.75) is 31.7 Å². The molecule has 0 bridgehead atoms. The molecule has 0 saturated carbocycles. The van der Waals surface area contributed by atoms with E-state index in [2.05, 4.69) is 4.72 Å². The number of benzene rings is 1. The summed E-state index contributed by atoms with van der Waals surface area (Å²) in [5.74, 6) is 0.524. The summed E-state index contributed by atoms with van der Waals surface area (Å²) in [5.41, 5.74) is 1.94. The molecule has 2 rings (SSSR count). The molecule has 6 nitrogen and oxygen atoms in total. The zero-order valence-corrected chi connectivity index (χ0v) is 14.9. The Morgan fingerprint density at radius 3 is 2.58 bits per heavy atom. The standard InChI is InChI=1S/C17H22N2O4S/c1-13-6-7-16(11-14(13)2)24(21,22)18-9-8-17(20)19(3)12-15-5-4-10-23-15/h4-7,10-11,18H,8-9,12H2,1-3H3. The molecule has 1 N–H and O–H groups in total. The van der Waals surface area contributed by atoms with Gasteiger partial charge in [0.05, 0.1) is 17.7 Å². The van der Waals surface area contributed by atoms with E-state index in [9.17, 15) is 13.2 Å². The van der Waals surface area contributed by atoms with Crippen LogP contribution in [0.5, 0.6) is 0 Å². The van der Waals surface area contributed by atoms with E-state index < -0.39 is 10.0 Å². The molecule has 0 saturated heterocycles. The van der Waals surface area contributed by atoms with Crippen molar-refractivity contribution in [1.29, 1.82) is 0 Å². The number of sulfonamides is 1. The molecule has 1 aromatic heterocycles. The lowest BCUT2D eigenvalue weighted by Crippen LogP contribution is -2.31. The lowest BCUT2D eigenvalue weighted by Gasteiger charge is -2.16. The van der Waals surface area contributed by atoms with Gasteiger partial charge in [-0.3, -0.25) is 4.79 Å². The van der Waals surface area contributed by atoms with Crippen molar-refractivity contribution >= 4 is 15.9 Å². The van der Waals surface area contributed by atoms with Crippen molar-refractivity contribution in [2.24, 2.45) is 0 Å². The van der Waals surface area contributed by atoms with E-state index >= 15 is 0 Å². The monoisotopic (exact) mass is 350 g/mol. The number of nitrogens with one attached hydrogen (secondary N) is 1. The van der Waals surface area contributed by atoms with Gasteiger partial charge in [-0.1, -0.05) is 6.07 Å². The first-order chi connectivity index (χ1) is 11.3. The van der Waals surface area contributed by atoms with Crippen LogP contribution in [0, 0.1) is 13.8 Å². The van der Waals surface area contributed by atoms with Crippen LogP contribution in [0.4, 0.5) is 0 Å². The first-order valence-corrected chi connectivity index (χ1v) is 9.11. The van der Waals surface area contributed by atoms with Gasteiger partial charge in [-0.25, -0.2) is 13.1 Å². The van der Waals surface area contributed by atoms with E-state index in [-0.39, 0.29) is 23.8 Å². The van der Waals surface area contributed by atoms with Crippen LogP contribution in [0.1, 0.15) is 23.3 Å². The minimum Gasteiger partial charge on any atom is -0.467 e. The van der Waals surface area contributed by atoms with Gasteiger partial charge in [0.2, 0.25) is 15.9 Å². The summed E-state index contributed by atoms with van der Waals surface area (Å²) in [6.45, 7) is 4.19. The number of carbonyl (C=O) groups excluding carboxylic acids is 1. The maximum Gasteiger partial charge on any atom is 0.240 e. The van der Waals surface area contributed by atoms with Crippen LogP contribution in [0.2, 0.25) is 0 Å². The number of aryl methyl sites for hydroxylation is 2. The number of furan rings is 1. The summed E-state index contributed by atoms with van der Waals surface area (Å²) in [6, 6.07) is 8.50.